The molecule has 8 heteroatoms. The number of likely N-dealkylation sites (N-methyl/N-ethyl adjacent to an activating group) is 1. The van der Waals surface area contributed by atoms with Gasteiger partial charge in [0.25, 0.3) is 0 Å². The SMILES string of the molecule is COCCOC(=O)C1=C(C)OC(N)=C(C#N)[C@@]12C(=O)N(C)c1ccccc12. The second-order valence-electron chi connectivity index (χ2n) is 6.14. The third-order valence-corrected chi connectivity index (χ3v) is 4.74. The highest BCUT2D eigenvalue weighted by atomic mass is 16.6. The van der Waals surface area contributed by atoms with E-state index in [1.165, 1.54) is 18.9 Å². The number of carbonyl (C=O) groups is 2. The number of amides is 1. The van der Waals surface area contributed by atoms with Gasteiger partial charge >= 0.3 is 5.97 Å². The molecule has 0 aliphatic carbocycles. The second-order valence-corrected chi connectivity index (χ2v) is 6.14. The van der Waals surface area contributed by atoms with Crippen molar-refractivity contribution in [2.75, 3.05) is 32.3 Å². The van der Waals surface area contributed by atoms with Crippen LogP contribution in [0.3, 0.4) is 0 Å². The van der Waals surface area contributed by atoms with Crippen molar-refractivity contribution < 1.29 is 23.8 Å². The minimum Gasteiger partial charge on any atom is -0.460 e. The number of carbonyl (C=O) groups excluding carboxylic acids is 2. The van der Waals surface area contributed by atoms with Crippen molar-refractivity contribution in [3.05, 3.63) is 52.6 Å². The summed E-state index contributed by atoms with van der Waals surface area (Å²) in [5, 5.41) is 9.78. The molecule has 2 heterocycles. The Bertz CT molecular complexity index is 928. The number of ether oxygens (including phenoxy) is 3. The van der Waals surface area contributed by atoms with E-state index < -0.39 is 17.3 Å². The average Bonchev–Trinajstić information content (AvgIpc) is 2.85. The lowest BCUT2D eigenvalue weighted by atomic mass is 9.68. The van der Waals surface area contributed by atoms with Crippen LogP contribution in [0.25, 0.3) is 0 Å². The van der Waals surface area contributed by atoms with Gasteiger partial charge in [-0.2, -0.15) is 5.26 Å². The summed E-state index contributed by atoms with van der Waals surface area (Å²) in [7, 11) is 3.06. The lowest BCUT2D eigenvalue weighted by Crippen LogP contribution is -2.47. The normalized spacial score (nSPS) is 21.3. The van der Waals surface area contributed by atoms with E-state index in [4.69, 9.17) is 19.9 Å². The number of anilines is 1. The number of hydrogen-bond acceptors (Lipinski definition) is 7. The topological polar surface area (TPSA) is 115 Å². The molecule has 2 aliphatic heterocycles. The molecule has 0 aromatic heterocycles. The van der Waals surface area contributed by atoms with Crippen LogP contribution < -0.4 is 10.6 Å². The first-order chi connectivity index (χ1) is 12.9. The van der Waals surface area contributed by atoms with Crippen LogP contribution in [0.4, 0.5) is 5.69 Å². The highest BCUT2D eigenvalue weighted by molar-refractivity contribution is 6.18. The number of benzene rings is 1. The van der Waals surface area contributed by atoms with Gasteiger partial charge in [0.1, 0.15) is 29.6 Å². The predicted octanol–water partition coefficient (Wildman–Crippen LogP) is 1.09. The first-order valence-electron chi connectivity index (χ1n) is 8.24. The van der Waals surface area contributed by atoms with Crippen LogP contribution in [0.15, 0.2) is 47.1 Å². The molecule has 2 N–H and O–H groups in total. The number of hydrogen-bond donors (Lipinski definition) is 1. The number of fused-ring (bicyclic) bond motifs is 2. The number of nitrogens with two attached hydrogens (primary N) is 1. The molecule has 27 heavy (non-hydrogen) atoms. The first kappa shape index (κ1) is 18.5. The quantitative estimate of drug-likeness (QED) is 0.624. The van der Waals surface area contributed by atoms with Gasteiger partial charge in [-0.1, -0.05) is 18.2 Å². The summed E-state index contributed by atoms with van der Waals surface area (Å²) in [6, 6.07) is 8.91. The van der Waals surface area contributed by atoms with Crippen LogP contribution in [0, 0.1) is 11.3 Å². The van der Waals surface area contributed by atoms with Gasteiger partial charge in [0.2, 0.25) is 11.8 Å². The molecule has 140 valence electrons. The summed E-state index contributed by atoms with van der Waals surface area (Å²) < 4.78 is 15.6. The lowest BCUT2D eigenvalue weighted by molar-refractivity contribution is -0.142. The van der Waals surface area contributed by atoms with Gasteiger partial charge in [-0.05, 0) is 13.0 Å². The third kappa shape index (κ3) is 2.47. The van der Waals surface area contributed by atoms with Crippen LogP contribution in [-0.2, 0) is 29.2 Å². The van der Waals surface area contributed by atoms with Crippen LogP contribution in [0.2, 0.25) is 0 Å². The lowest BCUT2D eigenvalue weighted by Gasteiger charge is -2.34. The molecule has 3 rings (SSSR count). The van der Waals surface area contributed by atoms with E-state index in [0.717, 1.165) is 0 Å². The number of para-hydroxylation sites is 1. The van der Waals surface area contributed by atoms with Crippen LogP contribution >= 0.6 is 0 Å². The third-order valence-electron chi connectivity index (χ3n) is 4.74. The molecule has 1 atom stereocenters. The maximum atomic E-state index is 13.4. The van der Waals surface area contributed by atoms with Crippen molar-refractivity contribution in [1.82, 2.24) is 0 Å². The number of methoxy groups -OCH3 is 1. The Hall–Kier alpha value is -3.31. The molecule has 1 spiro atoms. The molecule has 0 saturated heterocycles. The highest BCUT2D eigenvalue weighted by Crippen LogP contribution is 2.53. The highest BCUT2D eigenvalue weighted by Gasteiger charge is 2.61. The Kier molecular flexibility index (Phi) is 4.64. The largest absolute Gasteiger partial charge is 0.460 e. The van der Waals surface area contributed by atoms with Gasteiger partial charge < -0.3 is 24.8 Å². The van der Waals surface area contributed by atoms with Crippen LogP contribution in [-0.4, -0.2) is 39.2 Å². The molecule has 0 saturated carbocycles. The fraction of sp³-hybridized carbons (Fsp3) is 0.316. The minimum absolute atomic E-state index is 0.00501. The van der Waals surface area contributed by atoms with Crippen molar-refractivity contribution in [3.8, 4) is 6.07 Å². The molecule has 1 aromatic rings. The zero-order chi connectivity index (χ0) is 19.8. The van der Waals surface area contributed by atoms with E-state index >= 15 is 0 Å². The monoisotopic (exact) mass is 369 g/mol. The minimum atomic E-state index is -1.70. The molecule has 1 amide bonds. The first-order valence-corrected chi connectivity index (χ1v) is 8.24. The summed E-state index contributed by atoms with van der Waals surface area (Å²) in [5.41, 5.74) is 5.13. The molecule has 0 unspecified atom stereocenters. The number of nitriles is 1. The molecular weight excluding hydrogens is 350 g/mol. The van der Waals surface area contributed by atoms with E-state index in [0.29, 0.717) is 11.3 Å². The molecule has 1 aromatic carbocycles. The van der Waals surface area contributed by atoms with Crippen molar-refractivity contribution in [2.24, 2.45) is 5.73 Å². The average molecular weight is 369 g/mol. The standard InChI is InChI=1S/C19H19N3O5/c1-11-15(17(23)26-9-8-25-3)19(13(10-20)16(21)27-11)12-6-4-5-7-14(12)22(2)18(19)24/h4-7H,8-9,21H2,1-3H3/t19-/m1/s1. The maximum absolute atomic E-state index is 13.4. The Labute approximate surface area is 156 Å². The van der Waals surface area contributed by atoms with Crippen molar-refractivity contribution in [2.45, 2.75) is 12.3 Å². The summed E-state index contributed by atoms with van der Waals surface area (Å²) in [5.74, 6) is -1.32. The smallest absolute Gasteiger partial charge is 0.339 e. The van der Waals surface area contributed by atoms with E-state index in [2.05, 4.69) is 0 Å². The summed E-state index contributed by atoms with van der Waals surface area (Å²) in [6.07, 6.45) is 0. The summed E-state index contributed by atoms with van der Waals surface area (Å²) >= 11 is 0. The van der Waals surface area contributed by atoms with Gasteiger partial charge in [-0.3, -0.25) is 4.79 Å². The molecule has 0 radical (unpaired) electrons. The zero-order valence-corrected chi connectivity index (χ0v) is 15.2. The predicted molar refractivity (Wildman–Crippen MR) is 95.0 cm³/mol. The molecule has 0 bridgehead atoms. The van der Waals surface area contributed by atoms with Crippen molar-refractivity contribution in [1.29, 1.82) is 5.26 Å². The molecule has 8 nitrogen and oxygen atoms in total. The van der Waals surface area contributed by atoms with Crippen LogP contribution in [0.5, 0.6) is 0 Å². The number of allylic oxidation sites excluding steroid dienone is 1. The fourth-order valence-electron chi connectivity index (χ4n) is 3.61. The Balaban J connectivity index is 2.28. The summed E-state index contributed by atoms with van der Waals surface area (Å²) in [6.45, 7) is 1.71. The van der Waals surface area contributed by atoms with Gasteiger partial charge in [0.05, 0.1) is 6.61 Å². The van der Waals surface area contributed by atoms with Crippen molar-refractivity contribution >= 4 is 17.6 Å². The fourth-order valence-corrected chi connectivity index (χ4v) is 3.61. The van der Waals surface area contributed by atoms with Crippen LogP contribution in [0.1, 0.15) is 12.5 Å². The van der Waals surface area contributed by atoms with Gasteiger partial charge in [-0.15, -0.1) is 0 Å². The Morgan fingerprint density at radius 1 is 1.37 bits per heavy atom. The Morgan fingerprint density at radius 3 is 2.74 bits per heavy atom. The van der Waals surface area contributed by atoms with Crippen molar-refractivity contribution in [3.63, 3.8) is 0 Å². The number of rotatable bonds is 4. The zero-order valence-electron chi connectivity index (χ0n) is 15.2. The van der Waals surface area contributed by atoms with Gasteiger partial charge in [0.15, 0.2) is 5.41 Å². The van der Waals surface area contributed by atoms with E-state index in [1.807, 2.05) is 6.07 Å². The van der Waals surface area contributed by atoms with Gasteiger partial charge in [-0.25, -0.2) is 4.79 Å². The Morgan fingerprint density at radius 2 is 2.07 bits per heavy atom. The van der Waals surface area contributed by atoms with Gasteiger partial charge in [0, 0.05) is 25.4 Å². The van der Waals surface area contributed by atoms with E-state index in [1.54, 1.807) is 31.3 Å². The molecule has 0 fully saturated rings. The molecular formula is C19H19N3O5. The maximum Gasteiger partial charge on any atom is 0.339 e. The number of esters is 1. The van der Waals surface area contributed by atoms with E-state index in [-0.39, 0.29) is 36.0 Å². The summed E-state index contributed by atoms with van der Waals surface area (Å²) in [4.78, 5) is 27.7. The molecule has 2 aliphatic rings. The number of nitrogens with zero attached hydrogens (tertiary/aromatic N) is 2. The van der Waals surface area contributed by atoms with E-state index in [9.17, 15) is 14.9 Å². The second kappa shape index (κ2) is 6.78.